The van der Waals surface area contributed by atoms with Crippen molar-refractivity contribution >= 4 is 0 Å². The molecule has 0 radical (unpaired) electrons. The van der Waals surface area contributed by atoms with Crippen LogP contribution in [0.2, 0.25) is 0 Å². The molecule has 1 aliphatic carbocycles. The maximum Gasteiger partial charge on any atom is 0.0695 e. The van der Waals surface area contributed by atoms with Crippen LogP contribution in [0.15, 0.2) is 0 Å². The van der Waals surface area contributed by atoms with Gasteiger partial charge in [-0.2, -0.15) is 0 Å². The van der Waals surface area contributed by atoms with Crippen LogP contribution >= 0.6 is 0 Å². The molecule has 2 unspecified atom stereocenters. The van der Waals surface area contributed by atoms with Gasteiger partial charge in [0.05, 0.1) is 6.10 Å². The van der Waals surface area contributed by atoms with E-state index in [2.05, 4.69) is 18.7 Å². The molecule has 18 heavy (non-hydrogen) atoms. The van der Waals surface area contributed by atoms with Crippen molar-refractivity contribution < 1.29 is 5.11 Å². The zero-order chi connectivity index (χ0) is 13.0. The Morgan fingerprint density at radius 2 is 1.50 bits per heavy atom. The molecule has 0 amide bonds. The van der Waals surface area contributed by atoms with E-state index < -0.39 is 0 Å². The second-order valence-electron chi connectivity index (χ2n) is 6.74. The van der Waals surface area contributed by atoms with Crippen LogP contribution < -0.4 is 0 Å². The van der Waals surface area contributed by atoms with Gasteiger partial charge in [-0.3, -0.25) is 4.90 Å². The highest BCUT2D eigenvalue weighted by Gasteiger charge is 2.30. The van der Waals surface area contributed by atoms with Gasteiger partial charge in [0.25, 0.3) is 0 Å². The van der Waals surface area contributed by atoms with Crippen LogP contribution in [0.3, 0.4) is 0 Å². The standard InChI is InChI=1S/C16H31NO/c1-13(2)14-9-11-17(12-10-14)15-7-5-3-4-6-8-16(15)18/h13-16,18H,3-12H2,1-2H3. The summed E-state index contributed by atoms with van der Waals surface area (Å²) in [6.45, 7) is 7.13. The summed E-state index contributed by atoms with van der Waals surface area (Å²) in [5, 5.41) is 10.4. The Hall–Kier alpha value is -0.0800. The first-order chi connectivity index (χ1) is 8.68. The van der Waals surface area contributed by atoms with E-state index in [-0.39, 0.29) is 6.10 Å². The molecule has 1 N–H and O–H groups in total. The highest BCUT2D eigenvalue weighted by Crippen LogP contribution is 2.29. The van der Waals surface area contributed by atoms with Crippen molar-refractivity contribution in [1.82, 2.24) is 4.90 Å². The second kappa shape index (κ2) is 6.91. The molecule has 1 saturated heterocycles. The Bertz CT molecular complexity index is 233. The Labute approximate surface area is 113 Å². The largest absolute Gasteiger partial charge is 0.391 e. The predicted octanol–water partition coefficient (Wildman–Crippen LogP) is 3.44. The molecule has 0 aromatic heterocycles. The summed E-state index contributed by atoms with van der Waals surface area (Å²) in [4.78, 5) is 2.59. The van der Waals surface area contributed by atoms with Gasteiger partial charge in [-0.25, -0.2) is 0 Å². The lowest BCUT2D eigenvalue weighted by Gasteiger charge is -2.41. The summed E-state index contributed by atoms with van der Waals surface area (Å²) in [7, 11) is 0. The van der Waals surface area contributed by atoms with Crippen molar-refractivity contribution in [3.63, 3.8) is 0 Å². The van der Waals surface area contributed by atoms with Gasteiger partial charge in [-0.1, -0.05) is 39.5 Å². The molecule has 2 fully saturated rings. The van der Waals surface area contributed by atoms with Crippen molar-refractivity contribution in [2.75, 3.05) is 13.1 Å². The first-order valence-corrected chi connectivity index (χ1v) is 8.10. The van der Waals surface area contributed by atoms with Crippen molar-refractivity contribution in [3.05, 3.63) is 0 Å². The normalized spacial score (nSPS) is 33.3. The third-order valence-corrected chi connectivity index (χ3v) is 5.18. The number of aliphatic hydroxyl groups excluding tert-OH is 1. The van der Waals surface area contributed by atoms with E-state index in [1.807, 2.05) is 0 Å². The fourth-order valence-corrected chi connectivity index (χ4v) is 3.79. The molecule has 2 atom stereocenters. The van der Waals surface area contributed by atoms with Crippen LogP contribution in [-0.2, 0) is 0 Å². The quantitative estimate of drug-likeness (QED) is 0.815. The first-order valence-electron chi connectivity index (χ1n) is 8.10. The molecule has 2 heteroatoms. The smallest absolute Gasteiger partial charge is 0.0695 e. The predicted molar refractivity (Wildman–Crippen MR) is 76.6 cm³/mol. The van der Waals surface area contributed by atoms with Gasteiger partial charge in [0, 0.05) is 6.04 Å². The number of nitrogens with zero attached hydrogens (tertiary/aromatic N) is 1. The van der Waals surface area contributed by atoms with E-state index in [9.17, 15) is 5.11 Å². The summed E-state index contributed by atoms with van der Waals surface area (Å²) in [5.41, 5.74) is 0. The molecule has 2 rings (SSSR count). The molecule has 0 aromatic carbocycles. The minimum absolute atomic E-state index is 0.0686. The molecule has 2 aliphatic rings. The van der Waals surface area contributed by atoms with E-state index in [4.69, 9.17) is 0 Å². The van der Waals surface area contributed by atoms with Gasteiger partial charge in [0.2, 0.25) is 0 Å². The van der Waals surface area contributed by atoms with Crippen LogP contribution in [-0.4, -0.2) is 35.2 Å². The van der Waals surface area contributed by atoms with Crippen LogP contribution in [0.4, 0.5) is 0 Å². The molecule has 0 spiro atoms. The van der Waals surface area contributed by atoms with Crippen molar-refractivity contribution in [1.29, 1.82) is 0 Å². The summed E-state index contributed by atoms with van der Waals surface area (Å²) in [5.74, 6) is 1.74. The van der Waals surface area contributed by atoms with Crippen LogP contribution in [0, 0.1) is 11.8 Å². The molecule has 0 bridgehead atoms. The lowest BCUT2D eigenvalue weighted by Crippen LogP contribution is -2.48. The first kappa shape index (κ1) is 14.3. The Morgan fingerprint density at radius 3 is 2.11 bits per heavy atom. The lowest BCUT2D eigenvalue weighted by atomic mass is 9.84. The van der Waals surface area contributed by atoms with Gasteiger partial charge >= 0.3 is 0 Å². The summed E-state index contributed by atoms with van der Waals surface area (Å²) < 4.78 is 0. The van der Waals surface area contributed by atoms with Gasteiger partial charge in [-0.05, 0) is 50.6 Å². The van der Waals surface area contributed by atoms with E-state index in [0.29, 0.717) is 6.04 Å². The molecule has 1 saturated carbocycles. The van der Waals surface area contributed by atoms with Crippen LogP contribution in [0.25, 0.3) is 0 Å². The number of aliphatic hydroxyl groups is 1. The minimum Gasteiger partial charge on any atom is -0.391 e. The fraction of sp³-hybridized carbons (Fsp3) is 1.00. The summed E-state index contributed by atoms with van der Waals surface area (Å²) >= 11 is 0. The van der Waals surface area contributed by atoms with Crippen LogP contribution in [0.5, 0.6) is 0 Å². The maximum absolute atomic E-state index is 10.4. The van der Waals surface area contributed by atoms with Crippen molar-refractivity contribution in [2.45, 2.75) is 77.4 Å². The van der Waals surface area contributed by atoms with E-state index in [0.717, 1.165) is 18.3 Å². The SMILES string of the molecule is CC(C)C1CCN(C2CCCCCCC2O)CC1. The fourth-order valence-electron chi connectivity index (χ4n) is 3.79. The van der Waals surface area contributed by atoms with Crippen LogP contribution in [0.1, 0.15) is 65.2 Å². The minimum atomic E-state index is -0.0686. The molecule has 1 heterocycles. The summed E-state index contributed by atoms with van der Waals surface area (Å²) in [6, 6.07) is 0.457. The Morgan fingerprint density at radius 1 is 0.889 bits per heavy atom. The lowest BCUT2D eigenvalue weighted by molar-refractivity contribution is 0.0102. The number of likely N-dealkylation sites (tertiary alicyclic amines) is 1. The average molecular weight is 253 g/mol. The third-order valence-electron chi connectivity index (χ3n) is 5.18. The van der Waals surface area contributed by atoms with Crippen molar-refractivity contribution in [2.24, 2.45) is 11.8 Å². The molecule has 2 nitrogen and oxygen atoms in total. The number of hydrogen-bond donors (Lipinski definition) is 1. The Balaban J connectivity index is 1.86. The van der Waals surface area contributed by atoms with Gasteiger partial charge in [-0.15, -0.1) is 0 Å². The van der Waals surface area contributed by atoms with E-state index >= 15 is 0 Å². The Kier molecular flexibility index (Phi) is 5.50. The molecule has 0 aromatic rings. The van der Waals surface area contributed by atoms with Gasteiger partial charge in [0.15, 0.2) is 0 Å². The topological polar surface area (TPSA) is 23.5 Å². The monoisotopic (exact) mass is 253 g/mol. The van der Waals surface area contributed by atoms with E-state index in [1.165, 1.54) is 58.0 Å². The highest BCUT2D eigenvalue weighted by atomic mass is 16.3. The van der Waals surface area contributed by atoms with Gasteiger partial charge < -0.3 is 5.11 Å². The third kappa shape index (κ3) is 3.71. The number of piperidine rings is 1. The number of hydrogen-bond acceptors (Lipinski definition) is 2. The second-order valence-corrected chi connectivity index (χ2v) is 6.74. The highest BCUT2D eigenvalue weighted by molar-refractivity contribution is 4.85. The average Bonchev–Trinajstić information content (AvgIpc) is 2.35. The summed E-state index contributed by atoms with van der Waals surface area (Å²) in [6.07, 6.45) is 10.1. The number of rotatable bonds is 2. The van der Waals surface area contributed by atoms with Gasteiger partial charge in [0.1, 0.15) is 0 Å². The molecule has 106 valence electrons. The molecular weight excluding hydrogens is 222 g/mol. The van der Waals surface area contributed by atoms with E-state index in [1.54, 1.807) is 0 Å². The molecular formula is C16H31NO. The van der Waals surface area contributed by atoms with Crippen molar-refractivity contribution in [3.8, 4) is 0 Å². The zero-order valence-electron chi connectivity index (χ0n) is 12.3. The zero-order valence-corrected chi connectivity index (χ0v) is 12.3. The molecule has 1 aliphatic heterocycles. The maximum atomic E-state index is 10.4.